The summed E-state index contributed by atoms with van der Waals surface area (Å²) in [7, 11) is 0. The van der Waals surface area contributed by atoms with Gasteiger partial charge >= 0.3 is 0 Å². The third-order valence-corrected chi connectivity index (χ3v) is 4.29. The van der Waals surface area contributed by atoms with Crippen LogP contribution in [0.15, 0.2) is 12.3 Å². The Labute approximate surface area is 129 Å². The molecule has 0 saturated carbocycles. The van der Waals surface area contributed by atoms with Crippen LogP contribution in [-0.4, -0.2) is 48.1 Å². The largest absolute Gasteiger partial charge is 0.490 e. The van der Waals surface area contributed by atoms with Crippen molar-refractivity contribution in [2.45, 2.75) is 32.2 Å². The number of carbonyl (C=O) groups is 1. The number of hydrogen-bond acceptors (Lipinski definition) is 4. The van der Waals surface area contributed by atoms with Crippen LogP contribution in [0.2, 0.25) is 5.02 Å². The number of fused-ring (bicyclic) bond motifs is 3. The fourth-order valence-corrected chi connectivity index (χ4v) is 3.17. The SMILES string of the molecule is CCCC(=O)N1CCN2c3ncc(Cl)cc3OCC[C@H]2C1. The number of rotatable bonds is 2. The van der Waals surface area contributed by atoms with Gasteiger partial charge in [-0.05, 0) is 6.42 Å². The van der Waals surface area contributed by atoms with E-state index in [4.69, 9.17) is 16.3 Å². The molecule has 0 unspecified atom stereocenters. The lowest BCUT2D eigenvalue weighted by Crippen LogP contribution is -2.55. The molecule has 0 aliphatic carbocycles. The van der Waals surface area contributed by atoms with E-state index in [2.05, 4.69) is 9.88 Å². The summed E-state index contributed by atoms with van der Waals surface area (Å²) in [6.45, 7) is 4.97. The Bertz CT molecular complexity index is 538. The number of aromatic nitrogens is 1. The molecule has 0 spiro atoms. The standard InChI is InChI=1S/C15H20ClN3O2/c1-2-3-14(20)18-5-6-19-12(10-18)4-7-21-13-8-11(16)9-17-15(13)19/h8-9,12H,2-7,10H2,1H3/t12-/m0/s1. The van der Waals surface area contributed by atoms with Crippen molar-refractivity contribution in [2.24, 2.45) is 0 Å². The molecule has 0 N–H and O–H groups in total. The lowest BCUT2D eigenvalue weighted by atomic mass is 10.1. The van der Waals surface area contributed by atoms with Crippen LogP contribution >= 0.6 is 11.6 Å². The maximum atomic E-state index is 12.1. The van der Waals surface area contributed by atoms with Gasteiger partial charge in [-0.1, -0.05) is 18.5 Å². The van der Waals surface area contributed by atoms with Gasteiger partial charge in [-0.2, -0.15) is 0 Å². The van der Waals surface area contributed by atoms with E-state index in [1.54, 1.807) is 6.20 Å². The van der Waals surface area contributed by atoms with Crippen molar-refractivity contribution >= 4 is 23.3 Å². The van der Waals surface area contributed by atoms with E-state index in [-0.39, 0.29) is 11.9 Å². The maximum Gasteiger partial charge on any atom is 0.222 e. The molecule has 1 fully saturated rings. The number of halogens is 1. The highest BCUT2D eigenvalue weighted by Crippen LogP contribution is 2.34. The lowest BCUT2D eigenvalue weighted by molar-refractivity contribution is -0.132. The number of ether oxygens (including phenoxy) is 1. The molecule has 1 saturated heterocycles. The molecular weight excluding hydrogens is 290 g/mol. The number of carbonyl (C=O) groups excluding carboxylic acids is 1. The van der Waals surface area contributed by atoms with Crippen molar-refractivity contribution in [3.63, 3.8) is 0 Å². The minimum Gasteiger partial charge on any atom is -0.490 e. The van der Waals surface area contributed by atoms with Crippen molar-refractivity contribution in [2.75, 3.05) is 31.1 Å². The fraction of sp³-hybridized carbons (Fsp3) is 0.600. The smallest absolute Gasteiger partial charge is 0.222 e. The molecule has 6 heteroatoms. The monoisotopic (exact) mass is 309 g/mol. The van der Waals surface area contributed by atoms with Crippen LogP contribution in [0.3, 0.4) is 0 Å². The Kier molecular flexibility index (Phi) is 4.19. The van der Waals surface area contributed by atoms with Crippen LogP contribution in [0.5, 0.6) is 5.75 Å². The molecule has 2 aliphatic heterocycles. The second kappa shape index (κ2) is 6.10. The summed E-state index contributed by atoms with van der Waals surface area (Å²) in [5, 5.41) is 0.587. The first-order valence-electron chi connectivity index (χ1n) is 7.51. The van der Waals surface area contributed by atoms with Crippen molar-refractivity contribution in [1.82, 2.24) is 9.88 Å². The Balaban J connectivity index is 1.79. The molecule has 1 aromatic heterocycles. The first-order chi connectivity index (χ1) is 10.2. The third-order valence-electron chi connectivity index (χ3n) is 4.08. The summed E-state index contributed by atoms with van der Waals surface area (Å²) in [6.07, 6.45) is 4.08. The van der Waals surface area contributed by atoms with Crippen LogP contribution in [0.25, 0.3) is 0 Å². The van der Waals surface area contributed by atoms with Gasteiger partial charge in [0.1, 0.15) is 0 Å². The summed E-state index contributed by atoms with van der Waals surface area (Å²) < 4.78 is 5.77. The topological polar surface area (TPSA) is 45.7 Å². The number of pyridine rings is 1. The van der Waals surface area contributed by atoms with Crippen molar-refractivity contribution < 1.29 is 9.53 Å². The van der Waals surface area contributed by atoms with E-state index in [9.17, 15) is 4.79 Å². The molecule has 5 nitrogen and oxygen atoms in total. The van der Waals surface area contributed by atoms with Crippen molar-refractivity contribution in [3.8, 4) is 5.75 Å². The number of amides is 1. The second-order valence-electron chi connectivity index (χ2n) is 5.55. The predicted molar refractivity (Wildman–Crippen MR) is 82.0 cm³/mol. The van der Waals surface area contributed by atoms with Gasteiger partial charge in [0.05, 0.1) is 17.7 Å². The van der Waals surface area contributed by atoms with E-state index in [1.165, 1.54) is 0 Å². The normalized spacial score (nSPS) is 21.1. The number of hydrogen-bond donors (Lipinski definition) is 0. The van der Waals surface area contributed by atoms with Crippen molar-refractivity contribution in [3.05, 3.63) is 17.3 Å². The van der Waals surface area contributed by atoms with E-state index >= 15 is 0 Å². The van der Waals surface area contributed by atoms with Crippen LogP contribution in [0.4, 0.5) is 5.82 Å². The van der Waals surface area contributed by atoms with Crippen LogP contribution in [-0.2, 0) is 4.79 Å². The Morgan fingerprint density at radius 1 is 1.52 bits per heavy atom. The molecule has 21 heavy (non-hydrogen) atoms. The lowest BCUT2D eigenvalue weighted by Gasteiger charge is -2.41. The molecule has 2 aliphatic rings. The van der Waals surface area contributed by atoms with Crippen LogP contribution in [0, 0.1) is 0 Å². The summed E-state index contributed by atoms with van der Waals surface area (Å²) in [4.78, 5) is 20.8. The van der Waals surface area contributed by atoms with Gasteiger partial charge in [0, 0.05) is 44.7 Å². The zero-order valence-electron chi connectivity index (χ0n) is 12.2. The first kappa shape index (κ1) is 14.4. The molecule has 1 aromatic rings. The highest BCUT2D eigenvalue weighted by Gasteiger charge is 2.33. The molecular formula is C15H20ClN3O2. The summed E-state index contributed by atoms with van der Waals surface area (Å²) >= 11 is 5.99. The first-order valence-corrected chi connectivity index (χ1v) is 7.89. The van der Waals surface area contributed by atoms with Gasteiger partial charge < -0.3 is 14.5 Å². The molecule has 1 atom stereocenters. The number of anilines is 1. The van der Waals surface area contributed by atoms with Gasteiger partial charge in [-0.15, -0.1) is 0 Å². The van der Waals surface area contributed by atoms with E-state index in [1.807, 2.05) is 17.9 Å². The van der Waals surface area contributed by atoms with E-state index in [0.29, 0.717) is 18.1 Å². The second-order valence-corrected chi connectivity index (χ2v) is 5.99. The van der Waals surface area contributed by atoms with Gasteiger partial charge in [-0.25, -0.2) is 4.98 Å². The summed E-state index contributed by atoms with van der Waals surface area (Å²) in [6, 6.07) is 2.09. The van der Waals surface area contributed by atoms with Gasteiger partial charge in [0.2, 0.25) is 5.91 Å². The highest BCUT2D eigenvalue weighted by molar-refractivity contribution is 6.30. The van der Waals surface area contributed by atoms with E-state index in [0.717, 1.165) is 44.0 Å². The van der Waals surface area contributed by atoms with Crippen LogP contribution < -0.4 is 9.64 Å². The molecule has 0 bridgehead atoms. The van der Waals surface area contributed by atoms with Gasteiger partial charge in [-0.3, -0.25) is 4.79 Å². The fourth-order valence-electron chi connectivity index (χ4n) is 3.02. The molecule has 0 radical (unpaired) electrons. The molecule has 1 amide bonds. The van der Waals surface area contributed by atoms with E-state index < -0.39 is 0 Å². The summed E-state index contributed by atoms with van der Waals surface area (Å²) in [5.41, 5.74) is 0. The minimum atomic E-state index is 0.256. The zero-order chi connectivity index (χ0) is 14.8. The number of piperazine rings is 1. The molecule has 0 aromatic carbocycles. The Morgan fingerprint density at radius 3 is 3.19 bits per heavy atom. The van der Waals surface area contributed by atoms with Gasteiger partial charge in [0.15, 0.2) is 11.6 Å². The average Bonchev–Trinajstić information content (AvgIpc) is 2.65. The predicted octanol–water partition coefficient (Wildman–Crippen LogP) is 2.33. The zero-order valence-corrected chi connectivity index (χ0v) is 13.0. The molecule has 3 heterocycles. The molecule has 3 rings (SSSR count). The van der Waals surface area contributed by atoms with Crippen molar-refractivity contribution in [1.29, 1.82) is 0 Å². The molecule has 114 valence electrons. The Hall–Kier alpha value is -1.49. The van der Waals surface area contributed by atoms with Crippen LogP contribution in [0.1, 0.15) is 26.2 Å². The highest BCUT2D eigenvalue weighted by atomic mass is 35.5. The Morgan fingerprint density at radius 2 is 2.38 bits per heavy atom. The summed E-state index contributed by atoms with van der Waals surface area (Å²) in [5.74, 6) is 1.86. The van der Waals surface area contributed by atoms with Gasteiger partial charge in [0.25, 0.3) is 0 Å². The third kappa shape index (κ3) is 2.93. The average molecular weight is 310 g/mol. The number of nitrogens with zero attached hydrogens (tertiary/aromatic N) is 3. The minimum absolute atomic E-state index is 0.256. The maximum absolute atomic E-state index is 12.1. The quantitative estimate of drug-likeness (QED) is 0.841.